The first-order valence-electron chi connectivity index (χ1n) is 7.10. The Hall–Kier alpha value is -2.06. The number of benzene rings is 1. The second kappa shape index (κ2) is 6.80. The van der Waals surface area contributed by atoms with Gasteiger partial charge in [-0.3, -0.25) is 0 Å². The molecule has 0 spiro atoms. The van der Waals surface area contributed by atoms with Crippen LogP contribution in [0.1, 0.15) is 31.9 Å². The number of ether oxygens (including phenoxy) is 1. The fourth-order valence-corrected chi connectivity index (χ4v) is 2.51. The van der Waals surface area contributed by atoms with E-state index in [2.05, 4.69) is 39.9 Å². The quantitative estimate of drug-likeness (QED) is 0.363. The van der Waals surface area contributed by atoms with Crippen LogP contribution in [-0.4, -0.2) is 21.4 Å². The number of methoxy groups -OCH3 is 1. The van der Waals surface area contributed by atoms with Gasteiger partial charge < -0.3 is 9.16 Å². The smallest absolute Gasteiger partial charge is 0.369 e. The van der Waals surface area contributed by atoms with Crippen molar-refractivity contribution in [3.63, 3.8) is 0 Å². The zero-order valence-electron chi connectivity index (χ0n) is 14.1. The van der Waals surface area contributed by atoms with Gasteiger partial charge in [-0.15, -0.1) is 18.1 Å². The molecule has 0 fully saturated rings. The number of rotatable bonds is 4. The SMILES string of the molecule is COC(=O)/C(=C/c1cccc(C#N)c1)O[Si-](C)(C)C(C)(C)C. The number of nitriles is 1. The van der Waals surface area contributed by atoms with E-state index in [1.807, 2.05) is 6.07 Å². The fourth-order valence-electron chi connectivity index (χ4n) is 1.51. The van der Waals surface area contributed by atoms with Crippen LogP contribution in [0.2, 0.25) is 18.1 Å². The van der Waals surface area contributed by atoms with Crippen molar-refractivity contribution in [2.75, 3.05) is 7.11 Å². The molecule has 1 rings (SSSR count). The van der Waals surface area contributed by atoms with Crippen molar-refractivity contribution < 1.29 is 14.0 Å². The highest BCUT2D eigenvalue weighted by molar-refractivity contribution is 6.74. The molecule has 0 saturated carbocycles. The Morgan fingerprint density at radius 2 is 1.95 bits per heavy atom. The van der Waals surface area contributed by atoms with Crippen LogP contribution in [0.3, 0.4) is 0 Å². The van der Waals surface area contributed by atoms with Crippen molar-refractivity contribution in [3.8, 4) is 6.07 Å². The number of hydrogen-bond donors (Lipinski definition) is 0. The second-order valence-corrected chi connectivity index (χ2v) is 11.3. The minimum atomic E-state index is -2.16. The molecule has 0 saturated heterocycles. The van der Waals surface area contributed by atoms with Gasteiger partial charge in [0.25, 0.3) is 0 Å². The van der Waals surface area contributed by atoms with Gasteiger partial charge in [0.2, 0.25) is 0 Å². The monoisotopic (exact) mass is 317 g/mol. The molecule has 0 amide bonds. The van der Waals surface area contributed by atoms with E-state index >= 15 is 0 Å². The number of esters is 1. The molecule has 0 aliphatic heterocycles. The van der Waals surface area contributed by atoms with Crippen LogP contribution in [0, 0.1) is 11.3 Å². The Bertz CT molecular complexity index is 622. The largest absolute Gasteiger partial charge is 0.684 e. The topological polar surface area (TPSA) is 59.3 Å². The molecule has 22 heavy (non-hydrogen) atoms. The Morgan fingerprint density at radius 1 is 1.32 bits per heavy atom. The Kier molecular flexibility index (Phi) is 5.56. The summed E-state index contributed by atoms with van der Waals surface area (Å²) in [5.41, 5.74) is 1.27. The van der Waals surface area contributed by atoms with E-state index in [-0.39, 0.29) is 10.8 Å². The fraction of sp³-hybridized carbons (Fsp3) is 0.412. The predicted octanol–water partition coefficient (Wildman–Crippen LogP) is 4.09. The van der Waals surface area contributed by atoms with Crippen LogP contribution in [0.4, 0.5) is 0 Å². The van der Waals surface area contributed by atoms with E-state index in [1.165, 1.54) is 7.11 Å². The predicted molar refractivity (Wildman–Crippen MR) is 89.4 cm³/mol. The van der Waals surface area contributed by atoms with Crippen LogP contribution in [-0.2, 0) is 14.0 Å². The first-order chi connectivity index (χ1) is 10.1. The summed E-state index contributed by atoms with van der Waals surface area (Å²) >= 11 is 0. The molecule has 0 N–H and O–H groups in total. The summed E-state index contributed by atoms with van der Waals surface area (Å²) < 4.78 is 10.9. The van der Waals surface area contributed by atoms with Crippen LogP contribution >= 0.6 is 0 Å². The minimum Gasteiger partial charge on any atom is -0.684 e. The van der Waals surface area contributed by atoms with Gasteiger partial charge in [-0.2, -0.15) is 5.26 Å². The lowest BCUT2D eigenvalue weighted by Gasteiger charge is -2.48. The lowest BCUT2D eigenvalue weighted by Crippen LogP contribution is -2.41. The minimum absolute atomic E-state index is 0.0331. The average molecular weight is 317 g/mol. The summed E-state index contributed by atoms with van der Waals surface area (Å²) in [5, 5.41) is 8.92. The lowest BCUT2D eigenvalue weighted by atomic mass is 10.1. The van der Waals surface area contributed by atoms with Crippen molar-refractivity contribution in [3.05, 3.63) is 41.2 Å². The van der Waals surface area contributed by atoms with Crippen molar-refractivity contribution in [2.45, 2.75) is 38.9 Å². The zero-order valence-corrected chi connectivity index (χ0v) is 15.1. The van der Waals surface area contributed by atoms with Crippen molar-refractivity contribution >= 4 is 20.4 Å². The first kappa shape index (κ1) is 18.0. The molecule has 4 nitrogen and oxygen atoms in total. The maximum atomic E-state index is 12.0. The molecule has 0 aromatic heterocycles. The Balaban J connectivity index is 3.22. The van der Waals surface area contributed by atoms with Crippen LogP contribution in [0.25, 0.3) is 6.08 Å². The maximum Gasteiger partial charge on any atom is 0.369 e. The normalized spacial score (nSPS) is 12.5. The molecule has 0 aliphatic carbocycles. The number of carbonyl (C=O) groups is 1. The van der Waals surface area contributed by atoms with Gasteiger partial charge >= 0.3 is 5.97 Å². The molecule has 0 heterocycles. The lowest BCUT2D eigenvalue weighted by molar-refractivity contribution is -0.138. The molecule has 0 atom stereocenters. The van der Waals surface area contributed by atoms with Crippen LogP contribution < -0.4 is 0 Å². The molecule has 1 aromatic carbocycles. The molecule has 119 valence electrons. The Labute approximate surface area is 133 Å². The molecule has 0 unspecified atom stereocenters. The van der Waals surface area contributed by atoms with Gasteiger partial charge in [-0.25, -0.2) is 4.79 Å². The zero-order chi connectivity index (χ0) is 17.0. The molecule has 0 bridgehead atoms. The van der Waals surface area contributed by atoms with Crippen LogP contribution in [0.5, 0.6) is 0 Å². The van der Waals surface area contributed by atoms with Crippen molar-refractivity contribution in [1.82, 2.24) is 0 Å². The van der Waals surface area contributed by atoms with E-state index in [0.29, 0.717) is 5.56 Å². The summed E-state index contributed by atoms with van der Waals surface area (Å²) in [4.78, 5) is 12.0. The third-order valence-electron chi connectivity index (χ3n) is 3.87. The average Bonchev–Trinajstić information content (AvgIpc) is 2.44. The second-order valence-electron chi connectivity index (χ2n) is 6.60. The van der Waals surface area contributed by atoms with Crippen LogP contribution in [0.15, 0.2) is 30.0 Å². The standard InChI is InChI=1S/C17H23NO3Si/c1-17(2,3)22(5,6)21-15(16(19)20-4)11-13-8-7-9-14(10-13)12-18/h7-11H,1-6H3/q-1/b15-11-. The van der Waals surface area contributed by atoms with Gasteiger partial charge in [0.1, 0.15) is 0 Å². The molecule has 0 radical (unpaired) electrons. The van der Waals surface area contributed by atoms with Gasteiger partial charge in [0.05, 0.1) is 18.7 Å². The molecule has 1 aromatic rings. The summed E-state index contributed by atoms with van der Waals surface area (Å²) in [6.45, 7) is 10.4. The van der Waals surface area contributed by atoms with Gasteiger partial charge in [0, 0.05) is 8.32 Å². The number of nitrogens with zero attached hydrogens (tertiary/aromatic N) is 1. The van der Waals surface area contributed by atoms with Gasteiger partial charge in [-0.1, -0.05) is 32.9 Å². The highest BCUT2D eigenvalue weighted by Crippen LogP contribution is 2.38. The summed E-state index contributed by atoms with van der Waals surface area (Å²) in [5.74, 6) is -0.323. The molecular weight excluding hydrogens is 294 g/mol. The van der Waals surface area contributed by atoms with E-state index in [9.17, 15) is 4.79 Å². The third-order valence-corrected chi connectivity index (χ3v) is 8.21. The number of carbonyl (C=O) groups excluding carboxylic acids is 1. The summed E-state index contributed by atoms with van der Waals surface area (Å²) in [7, 11) is -0.827. The first-order valence-corrected chi connectivity index (χ1v) is 10.0. The van der Waals surface area contributed by atoms with E-state index in [0.717, 1.165) is 5.56 Å². The van der Waals surface area contributed by atoms with Crippen molar-refractivity contribution in [2.24, 2.45) is 0 Å². The Morgan fingerprint density at radius 3 is 2.45 bits per heavy atom. The molecule has 0 aliphatic rings. The number of hydrogen-bond acceptors (Lipinski definition) is 4. The van der Waals surface area contributed by atoms with E-state index < -0.39 is 14.3 Å². The summed E-state index contributed by atoms with van der Waals surface area (Å²) in [6, 6.07) is 9.08. The van der Waals surface area contributed by atoms with E-state index in [4.69, 9.17) is 14.4 Å². The van der Waals surface area contributed by atoms with E-state index in [1.54, 1.807) is 24.3 Å². The van der Waals surface area contributed by atoms with Gasteiger partial charge in [0.15, 0.2) is 5.76 Å². The highest BCUT2D eigenvalue weighted by atomic mass is 28.4. The maximum absolute atomic E-state index is 12.0. The summed E-state index contributed by atoms with van der Waals surface area (Å²) in [6.07, 6.45) is 1.63. The molecule has 5 heteroatoms. The highest BCUT2D eigenvalue weighted by Gasteiger charge is 2.28. The molecular formula is C17H23NO3Si-. The third kappa shape index (κ3) is 4.47. The van der Waals surface area contributed by atoms with Gasteiger partial charge in [-0.05, 0) is 23.8 Å². The van der Waals surface area contributed by atoms with Crippen molar-refractivity contribution in [1.29, 1.82) is 5.26 Å².